The molecule has 1 aromatic carbocycles. The molecule has 0 aromatic heterocycles. The number of fused-ring (bicyclic) bond motifs is 4. The Morgan fingerprint density at radius 2 is 1.80 bits per heavy atom. The predicted molar refractivity (Wildman–Crippen MR) is 171 cm³/mol. The van der Waals surface area contributed by atoms with Crippen LogP contribution >= 0.6 is 0 Å². The fourth-order valence-electron chi connectivity index (χ4n) is 6.42. The van der Waals surface area contributed by atoms with E-state index in [1.807, 2.05) is 49.4 Å². The third-order valence-corrected chi connectivity index (χ3v) is 9.45. The molecule has 1 spiro atoms. The molecule has 2 fully saturated rings. The molecule has 1 aliphatic carbocycles. The second-order valence-corrected chi connectivity index (χ2v) is 13.4. The van der Waals surface area contributed by atoms with Gasteiger partial charge in [0.25, 0.3) is 11.8 Å². The van der Waals surface area contributed by atoms with Crippen LogP contribution in [0.5, 0.6) is 0 Å². The third-order valence-electron chi connectivity index (χ3n) is 9.45. The Bertz CT molecular complexity index is 1430. The topological polar surface area (TPSA) is 149 Å². The van der Waals surface area contributed by atoms with E-state index < -0.39 is 46.9 Å². The first-order valence-electron chi connectivity index (χ1n) is 15.9. The van der Waals surface area contributed by atoms with Crippen molar-refractivity contribution in [3.8, 4) is 0 Å². The van der Waals surface area contributed by atoms with E-state index in [1.54, 1.807) is 20.8 Å². The molecule has 3 heterocycles. The Balaban J connectivity index is 1.51. The maximum atomic E-state index is 13.9. The molecule has 4 atom stereocenters. The lowest BCUT2D eigenvalue weighted by Gasteiger charge is -2.41. The number of cyclic esters (lactones) is 1. The van der Waals surface area contributed by atoms with Gasteiger partial charge in [0.1, 0.15) is 11.2 Å². The first kappa shape index (κ1) is 32.4. The van der Waals surface area contributed by atoms with E-state index in [4.69, 9.17) is 4.74 Å². The average molecular weight is 620 g/mol. The van der Waals surface area contributed by atoms with Gasteiger partial charge in [-0.15, -0.1) is 0 Å². The van der Waals surface area contributed by atoms with E-state index in [1.165, 1.54) is 5.01 Å². The SMILES string of the molecule is C=C1NC(=O)[C@H](C(C)C)OC(=O)C2(/C=C/c3ccc4c(c3)NC(C=C4)[C@@H](C)NC(=O)[C@]3(C)CCCN(N3)C1=O)CCC(O)CC2. The molecule has 1 saturated carbocycles. The van der Waals surface area contributed by atoms with Crippen LogP contribution in [-0.4, -0.2) is 70.2 Å². The van der Waals surface area contributed by atoms with Crippen molar-refractivity contribution >= 4 is 41.5 Å². The van der Waals surface area contributed by atoms with Gasteiger partial charge in [0.15, 0.2) is 6.10 Å². The lowest BCUT2D eigenvalue weighted by molar-refractivity contribution is -0.168. The molecule has 5 bridgehead atoms. The predicted octanol–water partition coefficient (Wildman–Crippen LogP) is 3.03. The third kappa shape index (κ3) is 6.84. The van der Waals surface area contributed by atoms with Gasteiger partial charge in [0, 0.05) is 18.3 Å². The number of anilines is 1. The minimum absolute atomic E-state index is 0.191. The van der Waals surface area contributed by atoms with E-state index in [-0.39, 0.29) is 23.7 Å². The van der Waals surface area contributed by atoms with Crippen LogP contribution in [-0.2, 0) is 23.9 Å². The molecule has 1 saturated heterocycles. The smallest absolute Gasteiger partial charge is 0.316 e. The highest BCUT2D eigenvalue weighted by Gasteiger charge is 2.44. The van der Waals surface area contributed by atoms with Gasteiger partial charge in [-0.25, -0.2) is 5.43 Å². The minimum Gasteiger partial charge on any atom is -0.451 e. The highest BCUT2D eigenvalue weighted by molar-refractivity contribution is 5.99. The molecule has 3 aliphatic heterocycles. The van der Waals surface area contributed by atoms with E-state index in [0.717, 1.165) is 16.8 Å². The Morgan fingerprint density at radius 3 is 2.51 bits per heavy atom. The number of esters is 1. The molecule has 1 aromatic rings. The Kier molecular flexibility index (Phi) is 9.23. The van der Waals surface area contributed by atoms with E-state index in [2.05, 4.69) is 28.0 Å². The molecule has 11 heteroatoms. The summed E-state index contributed by atoms with van der Waals surface area (Å²) >= 11 is 0. The van der Waals surface area contributed by atoms with Crippen molar-refractivity contribution in [3.05, 3.63) is 53.8 Å². The van der Waals surface area contributed by atoms with Gasteiger partial charge in [0.05, 0.1) is 17.6 Å². The zero-order valence-corrected chi connectivity index (χ0v) is 26.5. The number of hydrazine groups is 1. The lowest BCUT2D eigenvalue weighted by atomic mass is 9.72. The summed E-state index contributed by atoms with van der Waals surface area (Å²) in [5.74, 6) is -2.44. The first-order valence-corrected chi connectivity index (χ1v) is 15.9. The number of carbonyl (C=O) groups is 4. The zero-order valence-electron chi connectivity index (χ0n) is 26.5. The fourth-order valence-corrected chi connectivity index (χ4v) is 6.42. The number of benzene rings is 1. The number of hydrogen-bond acceptors (Lipinski definition) is 8. The maximum Gasteiger partial charge on any atom is 0.316 e. The number of aliphatic hydroxyl groups is 1. The molecule has 45 heavy (non-hydrogen) atoms. The second-order valence-electron chi connectivity index (χ2n) is 13.4. The van der Waals surface area contributed by atoms with Crippen LogP contribution in [0.25, 0.3) is 12.2 Å². The van der Waals surface area contributed by atoms with Crippen LogP contribution in [0.3, 0.4) is 0 Å². The number of amides is 3. The summed E-state index contributed by atoms with van der Waals surface area (Å²) in [7, 11) is 0. The quantitative estimate of drug-likeness (QED) is 0.238. The number of nitrogens with zero attached hydrogens (tertiary/aromatic N) is 1. The van der Waals surface area contributed by atoms with Gasteiger partial charge < -0.3 is 25.8 Å². The largest absolute Gasteiger partial charge is 0.451 e. The second kappa shape index (κ2) is 12.8. The summed E-state index contributed by atoms with van der Waals surface area (Å²) < 4.78 is 5.92. The molecule has 5 N–H and O–H groups in total. The van der Waals surface area contributed by atoms with Crippen molar-refractivity contribution in [3.63, 3.8) is 0 Å². The van der Waals surface area contributed by atoms with Crippen LogP contribution in [0, 0.1) is 11.3 Å². The number of nitrogens with one attached hydrogen (secondary N) is 4. The molecule has 4 aliphatic rings. The number of ether oxygens (including phenoxy) is 1. The highest BCUT2D eigenvalue weighted by atomic mass is 16.5. The van der Waals surface area contributed by atoms with E-state index in [9.17, 15) is 24.3 Å². The van der Waals surface area contributed by atoms with Crippen LogP contribution in [0.1, 0.15) is 77.3 Å². The summed E-state index contributed by atoms with van der Waals surface area (Å²) in [5.41, 5.74) is 3.51. The van der Waals surface area contributed by atoms with Crippen molar-refractivity contribution in [2.24, 2.45) is 11.3 Å². The van der Waals surface area contributed by atoms with E-state index >= 15 is 0 Å². The summed E-state index contributed by atoms with van der Waals surface area (Å²) in [6.07, 6.45) is 8.71. The van der Waals surface area contributed by atoms with Crippen LogP contribution in [0.15, 0.2) is 42.6 Å². The van der Waals surface area contributed by atoms with E-state index in [0.29, 0.717) is 45.1 Å². The van der Waals surface area contributed by atoms with Gasteiger partial charge in [0.2, 0.25) is 5.91 Å². The van der Waals surface area contributed by atoms with Gasteiger partial charge in [-0.05, 0) is 75.5 Å². The zero-order chi connectivity index (χ0) is 32.5. The molecule has 5 rings (SSSR count). The van der Waals surface area contributed by atoms with Crippen LogP contribution < -0.4 is 21.4 Å². The Labute approximate surface area is 264 Å². The standard InChI is InChI=1S/C34H45N5O6/c1-20(2)28-29(41)35-22(4)30(42)39-18-6-14-33(5,38-39)31(43)36-21(3)26-10-9-24-8-7-23(19-27(24)37-26)11-15-34(32(44)45-28)16-12-25(40)13-17-34/h7-11,15,19-21,25-26,28,37-38,40H,4,6,12-14,16-18H2,1-3,5H3,(H,35,41)(H,36,43)/b15-11+/t21-,25?,26?,28+,33+,34?/m1/s1. The average Bonchev–Trinajstić information content (AvgIpc) is 3.01. The van der Waals surface area contributed by atoms with Gasteiger partial charge in [-0.2, -0.15) is 0 Å². The van der Waals surface area contributed by atoms with Crippen LogP contribution in [0.2, 0.25) is 0 Å². The normalized spacial score (nSPS) is 33.6. The minimum atomic E-state index is -1.18. The number of hydrogen-bond donors (Lipinski definition) is 5. The number of carbonyl (C=O) groups excluding carboxylic acids is 4. The van der Waals surface area contributed by atoms with Crippen molar-refractivity contribution in [2.45, 2.75) is 96.1 Å². The van der Waals surface area contributed by atoms with Crippen molar-refractivity contribution in [2.75, 3.05) is 11.9 Å². The first-order chi connectivity index (χ1) is 21.3. The fraction of sp³-hybridized carbons (Fsp3) is 0.529. The highest BCUT2D eigenvalue weighted by Crippen LogP contribution is 2.40. The maximum absolute atomic E-state index is 13.9. The molecule has 3 amide bonds. The van der Waals surface area contributed by atoms with Crippen LogP contribution in [0.4, 0.5) is 5.69 Å². The Morgan fingerprint density at radius 1 is 1.07 bits per heavy atom. The molecule has 0 radical (unpaired) electrons. The molecular weight excluding hydrogens is 574 g/mol. The molecule has 1 unspecified atom stereocenters. The Hall–Kier alpha value is -3.96. The van der Waals surface area contributed by atoms with Crippen molar-refractivity contribution < 1.29 is 29.0 Å². The van der Waals surface area contributed by atoms with Crippen molar-refractivity contribution in [1.29, 1.82) is 0 Å². The molecular formula is C34H45N5O6. The monoisotopic (exact) mass is 619 g/mol. The summed E-state index contributed by atoms with van der Waals surface area (Å²) in [6, 6.07) is 5.48. The van der Waals surface area contributed by atoms with Crippen molar-refractivity contribution in [1.82, 2.24) is 21.1 Å². The summed E-state index contributed by atoms with van der Waals surface area (Å²) in [5, 5.41) is 20.7. The lowest BCUT2D eigenvalue weighted by Crippen LogP contribution is -2.66. The molecule has 11 nitrogen and oxygen atoms in total. The van der Waals surface area contributed by atoms with Gasteiger partial charge in [-0.3, -0.25) is 24.2 Å². The summed E-state index contributed by atoms with van der Waals surface area (Å²) in [6.45, 7) is 11.3. The summed E-state index contributed by atoms with van der Waals surface area (Å²) in [4.78, 5) is 54.3. The number of rotatable bonds is 1. The molecule has 242 valence electrons. The van der Waals surface area contributed by atoms with Gasteiger partial charge in [-0.1, -0.05) is 56.9 Å². The number of aliphatic hydroxyl groups excluding tert-OH is 1. The van der Waals surface area contributed by atoms with Gasteiger partial charge >= 0.3 is 5.97 Å².